The van der Waals surface area contributed by atoms with Crippen LogP contribution < -0.4 is 5.32 Å². The van der Waals surface area contributed by atoms with Gasteiger partial charge in [-0.3, -0.25) is 0 Å². The lowest BCUT2D eigenvalue weighted by molar-refractivity contribution is -0.143. The van der Waals surface area contributed by atoms with E-state index in [4.69, 9.17) is 0 Å². The number of carbonyl (C=O) groups is 1. The summed E-state index contributed by atoms with van der Waals surface area (Å²) in [6.45, 7) is 1.82. The van der Waals surface area contributed by atoms with Crippen LogP contribution in [0.4, 0.5) is 10.1 Å². The first-order valence-corrected chi connectivity index (χ1v) is 5.86. The van der Waals surface area contributed by atoms with Crippen LogP contribution in [0, 0.1) is 11.7 Å². The molecule has 2 N–H and O–H groups in total. The number of para-hydroxylation sites is 1. The molecule has 3 nitrogen and oxygen atoms in total. The summed E-state index contributed by atoms with van der Waals surface area (Å²) in [5, 5.41) is 12.3. The molecule has 1 saturated carbocycles. The largest absolute Gasteiger partial charge is 0.479 e. The zero-order valence-corrected chi connectivity index (χ0v) is 9.74. The van der Waals surface area contributed by atoms with Gasteiger partial charge in [0.2, 0.25) is 0 Å². The quantitative estimate of drug-likeness (QED) is 0.827. The molecule has 4 heteroatoms. The number of aliphatic carboxylic acids is 1. The molecule has 0 aromatic heterocycles. The smallest absolute Gasteiger partial charge is 0.329 e. The summed E-state index contributed by atoms with van der Waals surface area (Å²) in [5.74, 6) is -1.21. The molecule has 1 aliphatic carbocycles. The molecule has 17 heavy (non-hydrogen) atoms. The lowest BCUT2D eigenvalue weighted by atomic mass is 9.89. The van der Waals surface area contributed by atoms with E-state index in [2.05, 4.69) is 5.32 Å². The molecule has 1 aliphatic rings. The van der Waals surface area contributed by atoms with Gasteiger partial charge in [0.05, 0.1) is 5.69 Å². The fraction of sp³-hybridized carbons (Fsp3) is 0.462. The minimum absolute atomic E-state index is 0.101. The average molecular weight is 237 g/mol. The van der Waals surface area contributed by atoms with Gasteiger partial charge in [0.1, 0.15) is 11.4 Å². The molecule has 1 aromatic rings. The van der Waals surface area contributed by atoms with Crippen molar-refractivity contribution in [3.05, 3.63) is 30.1 Å². The highest BCUT2D eigenvalue weighted by molar-refractivity contribution is 5.83. The van der Waals surface area contributed by atoms with Crippen molar-refractivity contribution in [1.82, 2.24) is 0 Å². The number of anilines is 1. The van der Waals surface area contributed by atoms with Crippen molar-refractivity contribution < 1.29 is 14.3 Å². The van der Waals surface area contributed by atoms with Crippen LogP contribution in [0.25, 0.3) is 0 Å². The number of halogens is 1. The van der Waals surface area contributed by atoms with E-state index < -0.39 is 17.3 Å². The third-order valence-corrected chi connectivity index (χ3v) is 3.45. The minimum Gasteiger partial charge on any atom is -0.479 e. The highest BCUT2D eigenvalue weighted by Crippen LogP contribution is 2.43. The van der Waals surface area contributed by atoms with Crippen molar-refractivity contribution >= 4 is 11.7 Å². The number of carboxylic acids is 1. The zero-order chi connectivity index (χ0) is 12.5. The van der Waals surface area contributed by atoms with Gasteiger partial charge in [-0.1, -0.05) is 19.1 Å². The maximum Gasteiger partial charge on any atom is 0.329 e. The Kier molecular flexibility index (Phi) is 3.05. The van der Waals surface area contributed by atoms with Crippen LogP contribution in [0.3, 0.4) is 0 Å². The van der Waals surface area contributed by atoms with Crippen molar-refractivity contribution in [2.75, 3.05) is 5.32 Å². The summed E-state index contributed by atoms with van der Waals surface area (Å²) >= 11 is 0. The fourth-order valence-electron chi connectivity index (χ4n) is 2.24. The van der Waals surface area contributed by atoms with Crippen LogP contribution in [0.1, 0.15) is 26.2 Å². The van der Waals surface area contributed by atoms with Gasteiger partial charge in [0, 0.05) is 0 Å². The normalized spacial score (nSPS) is 18.5. The summed E-state index contributed by atoms with van der Waals surface area (Å²) in [6, 6.07) is 6.19. The predicted octanol–water partition coefficient (Wildman–Crippen LogP) is 2.88. The Morgan fingerprint density at radius 3 is 2.65 bits per heavy atom. The van der Waals surface area contributed by atoms with E-state index in [1.165, 1.54) is 6.07 Å². The molecule has 0 saturated heterocycles. The third kappa shape index (κ3) is 2.12. The van der Waals surface area contributed by atoms with Crippen molar-refractivity contribution in [3.63, 3.8) is 0 Å². The molecule has 1 aromatic carbocycles. The molecule has 0 radical (unpaired) electrons. The molecule has 1 unspecified atom stereocenters. The van der Waals surface area contributed by atoms with Crippen molar-refractivity contribution in [1.29, 1.82) is 0 Å². The van der Waals surface area contributed by atoms with Gasteiger partial charge in [0.25, 0.3) is 0 Å². The van der Waals surface area contributed by atoms with Crippen LogP contribution in [0.5, 0.6) is 0 Å². The van der Waals surface area contributed by atoms with E-state index in [0.29, 0.717) is 6.42 Å². The lowest BCUT2D eigenvalue weighted by Crippen LogP contribution is -2.48. The first-order valence-electron chi connectivity index (χ1n) is 5.86. The van der Waals surface area contributed by atoms with Gasteiger partial charge < -0.3 is 10.4 Å². The Balaban J connectivity index is 2.30. The first kappa shape index (κ1) is 11.9. The number of carboxylic acid groups (broad SMARTS) is 1. The van der Waals surface area contributed by atoms with E-state index in [9.17, 15) is 14.3 Å². The molecule has 0 bridgehead atoms. The Morgan fingerprint density at radius 2 is 2.18 bits per heavy atom. The van der Waals surface area contributed by atoms with Gasteiger partial charge in [-0.25, -0.2) is 9.18 Å². The van der Waals surface area contributed by atoms with E-state index in [1.807, 2.05) is 6.92 Å². The summed E-state index contributed by atoms with van der Waals surface area (Å²) in [5.41, 5.74) is -0.758. The van der Waals surface area contributed by atoms with Crippen molar-refractivity contribution in [2.24, 2.45) is 5.92 Å². The molecular weight excluding hydrogens is 221 g/mol. The first-order chi connectivity index (χ1) is 8.10. The second kappa shape index (κ2) is 4.35. The number of hydrogen-bond acceptors (Lipinski definition) is 2. The second-order valence-corrected chi connectivity index (χ2v) is 4.51. The minimum atomic E-state index is -1.03. The van der Waals surface area contributed by atoms with Crippen molar-refractivity contribution in [3.8, 4) is 0 Å². The Labute approximate surface area is 99.7 Å². The number of nitrogens with one attached hydrogen (secondary N) is 1. The molecule has 1 fully saturated rings. The monoisotopic (exact) mass is 237 g/mol. The summed E-state index contributed by atoms with van der Waals surface area (Å²) < 4.78 is 13.5. The van der Waals surface area contributed by atoms with Crippen molar-refractivity contribution in [2.45, 2.75) is 31.7 Å². The van der Waals surface area contributed by atoms with Crippen LogP contribution in [-0.4, -0.2) is 16.6 Å². The lowest BCUT2D eigenvalue weighted by Gasteiger charge is -2.30. The molecule has 0 heterocycles. The predicted molar refractivity (Wildman–Crippen MR) is 63.4 cm³/mol. The zero-order valence-electron chi connectivity index (χ0n) is 9.74. The fourth-order valence-corrected chi connectivity index (χ4v) is 2.24. The highest BCUT2D eigenvalue weighted by Gasteiger charge is 2.50. The summed E-state index contributed by atoms with van der Waals surface area (Å²) in [4.78, 5) is 11.5. The van der Waals surface area contributed by atoms with Gasteiger partial charge in [-0.15, -0.1) is 0 Å². The van der Waals surface area contributed by atoms with Gasteiger partial charge in [-0.05, 0) is 37.3 Å². The molecule has 1 atom stereocenters. The Morgan fingerprint density at radius 1 is 1.53 bits per heavy atom. The Bertz CT molecular complexity index is 431. The number of rotatable bonds is 5. The molecule has 92 valence electrons. The molecule has 0 aliphatic heterocycles. The van der Waals surface area contributed by atoms with Gasteiger partial charge >= 0.3 is 5.97 Å². The maximum absolute atomic E-state index is 13.5. The van der Waals surface area contributed by atoms with Crippen LogP contribution >= 0.6 is 0 Å². The number of hydrogen-bond donors (Lipinski definition) is 2. The second-order valence-electron chi connectivity index (χ2n) is 4.51. The van der Waals surface area contributed by atoms with E-state index in [0.717, 1.165) is 12.8 Å². The van der Waals surface area contributed by atoms with Crippen LogP contribution in [0.2, 0.25) is 0 Å². The number of benzene rings is 1. The highest BCUT2D eigenvalue weighted by atomic mass is 19.1. The average Bonchev–Trinajstić information content (AvgIpc) is 3.12. The SMILES string of the molecule is CCC(Nc1ccccc1F)(C(=O)O)C1CC1. The van der Waals surface area contributed by atoms with Crippen LogP contribution in [-0.2, 0) is 4.79 Å². The third-order valence-electron chi connectivity index (χ3n) is 3.45. The molecular formula is C13H16FNO2. The molecule has 0 amide bonds. The van der Waals surface area contributed by atoms with E-state index in [1.54, 1.807) is 18.2 Å². The standard InChI is InChI=1S/C13H16FNO2/c1-2-13(12(16)17,9-7-8-9)15-11-6-4-3-5-10(11)14/h3-6,9,15H,2,7-8H2,1H3,(H,16,17). The summed E-state index contributed by atoms with van der Waals surface area (Å²) in [6.07, 6.45) is 2.23. The molecule has 0 spiro atoms. The topological polar surface area (TPSA) is 49.3 Å². The summed E-state index contributed by atoms with van der Waals surface area (Å²) in [7, 11) is 0. The Hall–Kier alpha value is -1.58. The van der Waals surface area contributed by atoms with E-state index in [-0.39, 0.29) is 11.6 Å². The van der Waals surface area contributed by atoms with Gasteiger partial charge in [0.15, 0.2) is 0 Å². The maximum atomic E-state index is 13.5. The van der Waals surface area contributed by atoms with Crippen LogP contribution in [0.15, 0.2) is 24.3 Å². The molecule has 2 rings (SSSR count). The van der Waals surface area contributed by atoms with E-state index >= 15 is 0 Å². The van der Waals surface area contributed by atoms with Gasteiger partial charge in [-0.2, -0.15) is 0 Å².